The molecule has 7 nitrogen and oxygen atoms in total. The zero-order chi connectivity index (χ0) is 19.0. The molecule has 1 aliphatic rings. The summed E-state index contributed by atoms with van der Waals surface area (Å²) in [4.78, 5) is 4.41. The van der Waals surface area contributed by atoms with E-state index in [0.29, 0.717) is 0 Å². The van der Waals surface area contributed by atoms with Crippen LogP contribution in [0.1, 0.15) is 13.8 Å². The minimum absolute atomic E-state index is 1.05. The van der Waals surface area contributed by atoms with Crippen LogP contribution in [0.15, 0.2) is 31.1 Å². The van der Waals surface area contributed by atoms with Gasteiger partial charge < -0.3 is 14.4 Å². The number of aromatic nitrogens is 2. The SMILES string of the molecule is CCN1C=CN(C)C1.CCn1cc[n+](C)c1.O=S(=O)([O-])C(F)(F)F. The van der Waals surface area contributed by atoms with Gasteiger partial charge >= 0.3 is 5.51 Å². The molecule has 0 fully saturated rings. The van der Waals surface area contributed by atoms with Crippen molar-refractivity contribution in [3.05, 3.63) is 31.1 Å². The van der Waals surface area contributed by atoms with Crippen molar-refractivity contribution in [2.75, 3.05) is 20.3 Å². The molecule has 0 N–H and O–H groups in total. The van der Waals surface area contributed by atoms with E-state index in [9.17, 15) is 13.2 Å². The second-order valence-corrected chi connectivity index (χ2v) is 6.28. The van der Waals surface area contributed by atoms with E-state index in [4.69, 9.17) is 13.0 Å². The topological polar surface area (TPSA) is 72.5 Å². The van der Waals surface area contributed by atoms with Crippen LogP contribution in [0.4, 0.5) is 13.2 Å². The van der Waals surface area contributed by atoms with E-state index in [-0.39, 0.29) is 0 Å². The number of imidazole rings is 1. The van der Waals surface area contributed by atoms with Gasteiger partial charge in [0.2, 0.25) is 6.33 Å². The maximum atomic E-state index is 10.7. The van der Waals surface area contributed by atoms with Crippen LogP contribution >= 0.6 is 0 Å². The Morgan fingerprint density at radius 3 is 1.92 bits per heavy atom. The molecule has 24 heavy (non-hydrogen) atoms. The fourth-order valence-electron chi connectivity index (χ4n) is 1.48. The van der Waals surface area contributed by atoms with Crippen LogP contribution in [0, 0.1) is 0 Å². The molecule has 0 radical (unpaired) electrons. The molecule has 1 aliphatic heterocycles. The summed E-state index contributed by atoms with van der Waals surface area (Å²) in [6, 6.07) is 0. The van der Waals surface area contributed by atoms with E-state index in [1.807, 2.05) is 17.8 Å². The number of hydrogen-bond donors (Lipinski definition) is 0. The fourth-order valence-corrected chi connectivity index (χ4v) is 1.48. The van der Waals surface area contributed by atoms with Crippen LogP contribution < -0.4 is 4.57 Å². The third-order valence-corrected chi connectivity index (χ3v) is 3.38. The van der Waals surface area contributed by atoms with Crippen molar-refractivity contribution in [2.24, 2.45) is 7.05 Å². The highest BCUT2D eigenvalue weighted by Crippen LogP contribution is 2.20. The molecule has 1 aromatic rings. The first-order chi connectivity index (χ1) is 10.9. The number of nitrogens with zero attached hydrogens (tertiary/aromatic N) is 4. The first-order valence-electron chi connectivity index (χ1n) is 7.06. The maximum Gasteiger partial charge on any atom is 0.485 e. The number of halogens is 3. The van der Waals surface area contributed by atoms with Gasteiger partial charge in [-0.15, -0.1) is 0 Å². The summed E-state index contributed by atoms with van der Waals surface area (Å²) in [5.41, 5.74) is -5.65. The van der Waals surface area contributed by atoms with Crippen LogP contribution in [-0.2, 0) is 23.7 Å². The van der Waals surface area contributed by atoms with Gasteiger partial charge in [0.1, 0.15) is 12.4 Å². The van der Waals surface area contributed by atoms with Gasteiger partial charge in [-0.2, -0.15) is 13.2 Å². The van der Waals surface area contributed by atoms with Crippen LogP contribution in [-0.4, -0.2) is 53.1 Å². The molecular formula is C13H23F3N4O3S. The van der Waals surface area contributed by atoms with E-state index in [2.05, 4.69) is 60.2 Å². The summed E-state index contributed by atoms with van der Waals surface area (Å²) >= 11 is 0. The number of aryl methyl sites for hydroxylation is 2. The molecule has 0 unspecified atom stereocenters. The lowest BCUT2D eigenvalue weighted by Crippen LogP contribution is -2.23. The lowest BCUT2D eigenvalue weighted by molar-refractivity contribution is -0.671. The summed E-state index contributed by atoms with van der Waals surface area (Å²) < 4.78 is 63.1. The number of rotatable bonds is 2. The second-order valence-electron chi connectivity index (χ2n) is 4.91. The summed E-state index contributed by atoms with van der Waals surface area (Å²) in [5, 5.41) is 0. The lowest BCUT2D eigenvalue weighted by atomic mass is 10.6. The van der Waals surface area contributed by atoms with Crippen LogP contribution in [0.5, 0.6) is 0 Å². The number of alkyl halides is 3. The molecule has 0 aliphatic carbocycles. The molecule has 0 spiro atoms. The predicted octanol–water partition coefficient (Wildman–Crippen LogP) is 1.07. The normalized spacial score (nSPS) is 14.0. The van der Waals surface area contributed by atoms with E-state index in [1.165, 1.54) is 0 Å². The highest BCUT2D eigenvalue weighted by molar-refractivity contribution is 7.86. The first-order valence-corrected chi connectivity index (χ1v) is 8.47. The van der Waals surface area contributed by atoms with Crippen LogP contribution in [0.2, 0.25) is 0 Å². The first kappa shape index (κ1) is 22.2. The zero-order valence-corrected chi connectivity index (χ0v) is 14.9. The summed E-state index contributed by atoms with van der Waals surface area (Å²) in [6.07, 6.45) is 10.3. The lowest BCUT2D eigenvalue weighted by Gasteiger charge is -2.14. The van der Waals surface area contributed by atoms with Crippen LogP contribution in [0.25, 0.3) is 0 Å². The Labute approximate surface area is 140 Å². The Balaban J connectivity index is 0.000000331. The van der Waals surface area contributed by atoms with Gasteiger partial charge in [0.25, 0.3) is 0 Å². The standard InChI is InChI=1S/C6H12N2.C6H11N2.CHF3O3S/c2*1-3-8-5-4-7(2)6-8;2-1(3,4)8(5,6)7/h4-5H,3,6H2,1-2H3;4-6H,3H2,1-2H3;(H,5,6,7)/q;+1;/p-1. The van der Waals surface area contributed by atoms with E-state index < -0.39 is 15.6 Å². The molecule has 2 rings (SSSR count). The van der Waals surface area contributed by atoms with Crippen molar-refractivity contribution in [2.45, 2.75) is 25.9 Å². The van der Waals surface area contributed by atoms with Gasteiger partial charge in [-0.25, -0.2) is 17.6 Å². The molecule has 0 bridgehead atoms. The molecule has 140 valence electrons. The van der Waals surface area contributed by atoms with Gasteiger partial charge in [0, 0.05) is 26.0 Å². The summed E-state index contributed by atoms with van der Waals surface area (Å²) in [7, 11) is -1.99. The molecule has 11 heteroatoms. The largest absolute Gasteiger partial charge is 0.741 e. The Bertz CT molecular complexity index is 614. The Kier molecular flexibility index (Phi) is 8.83. The van der Waals surface area contributed by atoms with Gasteiger partial charge in [-0.1, -0.05) is 0 Å². The minimum atomic E-state index is -6.09. The number of hydrogen-bond acceptors (Lipinski definition) is 5. The average molecular weight is 372 g/mol. The molecule has 0 saturated carbocycles. The molecule has 0 amide bonds. The van der Waals surface area contributed by atoms with E-state index in [0.717, 1.165) is 19.8 Å². The Hall–Kier alpha value is -1.75. The monoisotopic (exact) mass is 372 g/mol. The average Bonchev–Trinajstić information content (AvgIpc) is 3.06. The van der Waals surface area contributed by atoms with Crippen molar-refractivity contribution in [1.29, 1.82) is 0 Å². The molecule has 0 atom stereocenters. The van der Waals surface area contributed by atoms with Gasteiger partial charge in [0.15, 0.2) is 10.1 Å². The molecule has 0 aromatic carbocycles. The zero-order valence-electron chi connectivity index (χ0n) is 14.1. The summed E-state index contributed by atoms with van der Waals surface area (Å²) in [6.45, 7) is 7.50. The van der Waals surface area contributed by atoms with Gasteiger partial charge in [0.05, 0.1) is 20.3 Å². The molecule has 0 saturated heterocycles. The van der Waals surface area contributed by atoms with Crippen molar-refractivity contribution < 1.29 is 30.7 Å². The van der Waals surface area contributed by atoms with Gasteiger partial charge in [-0.3, -0.25) is 0 Å². The second kappa shape index (κ2) is 9.52. The predicted molar refractivity (Wildman–Crippen MR) is 81.2 cm³/mol. The third kappa shape index (κ3) is 8.77. The highest BCUT2D eigenvalue weighted by atomic mass is 32.2. The van der Waals surface area contributed by atoms with Crippen molar-refractivity contribution in [3.63, 3.8) is 0 Å². The third-order valence-electron chi connectivity index (χ3n) is 2.82. The summed E-state index contributed by atoms with van der Waals surface area (Å²) in [5.74, 6) is 0. The molecule has 2 heterocycles. The van der Waals surface area contributed by atoms with Gasteiger partial charge in [-0.05, 0) is 13.8 Å². The highest BCUT2D eigenvalue weighted by Gasteiger charge is 2.36. The van der Waals surface area contributed by atoms with Crippen molar-refractivity contribution in [1.82, 2.24) is 14.4 Å². The molecule has 1 aromatic heterocycles. The van der Waals surface area contributed by atoms with E-state index in [1.54, 1.807) is 0 Å². The van der Waals surface area contributed by atoms with Crippen LogP contribution in [0.3, 0.4) is 0 Å². The van der Waals surface area contributed by atoms with Crippen molar-refractivity contribution in [3.8, 4) is 0 Å². The smallest absolute Gasteiger partial charge is 0.485 e. The van der Waals surface area contributed by atoms with Crippen molar-refractivity contribution >= 4 is 10.1 Å². The Morgan fingerprint density at radius 1 is 1.21 bits per heavy atom. The quantitative estimate of drug-likeness (QED) is 0.441. The molecular weight excluding hydrogens is 349 g/mol. The maximum absolute atomic E-state index is 10.7. The minimum Gasteiger partial charge on any atom is -0.741 e. The fraction of sp³-hybridized carbons (Fsp3) is 0.615. The Morgan fingerprint density at radius 2 is 1.75 bits per heavy atom. The van der Waals surface area contributed by atoms with E-state index >= 15 is 0 Å².